The van der Waals surface area contributed by atoms with Gasteiger partial charge < -0.3 is 86.9 Å². The van der Waals surface area contributed by atoms with Crippen molar-refractivity contribution in [3.8, 4) is 0 Å². The lowest BCUT2D eigenvalue weighted by atomic mass is 9.22. The first-order valence-electron chi connectivity index (χ1n) is 29.4. The fourth-order valence-corrected chi connectivity index (χ4v) is 20.9. The summed E-state index contributed by atoms with van der Waals surface area (Å²) in [5.74, 6) is -3.95. The second-order valence-electron chi connectivity index (χ2n) is 27.4. The Kier molecular flexibility index (Phi) is 14.7. The first-order chi connectivity index (χ1) is 37.6. The van der Waals surface area contributed by atoms with Gasteiger partial charge in [-0.1, -0.05) is 45.8 Å². The maximum absolute atomic E-state index is 15.1. The molecule has 6 aliphatic carbocycles. The number of aliphatic hydroxyl groups excluding tert-OH is 9. The van der Waals surface area contributed by atoms with Crippen molar-refractivity contribution in [3.05, 3.63) is 41.9 Å². The van der Waals surface area contributed by atoms with Crippen LogP contribution in [0, 0.1) is 78.8 Å². The molecule has 2 saturated heterocycles. The Hall–Kier alpha value is -3.58. The van der Waals surface area contributed by atoms with E-state index >= 15 is 4.79 Å². The summed E-state index contributed by atoms with van der Waals surface area (Å²) in [5, 5.41) is 122. The van der Waals surface area contributed by atoms with Crippen LogP contribution >= 0.6 is 0 Å². The van der Waals surface area contributed by atoms with Gasteiger partial charge in [0.15, 0.2) is 6.29 Å². The first-order valence-corrected chi connectivity index (χ1v) is 29.4. The number of ether oxygens (including phenoxy) is 2. The van der Waals surface area contributed by atoms with Crippen molar-refractivity contribution in [2.24, 2.45) is 84.6 Å². The van der Waals surface area contributed by atoms with E-state index in [4.69, 9.17) is 20.2 Å². The number of carboxylic acids is 1. The number of carbonyl (C=O) groups is 2. The van der Waals surface area contributed by atoms with Gasteiger partial charge >= 0.3 is 5.97 Å². The lowest BCUT2D eigenvalue weighted by Crippen LogP contribution is -2.79. The Balaban J connectivity index is 1.14. The zero-order valence-corrected chi connectivity index (χ0v) is 46.4. The van der Waals surface area contributed by atoms with E-state index in [-0.39, 0.29) is 57.3 Å². The molecular formula is C58H89N7O14. The van der Waals surface area contributed by atoms with Gasteiger partial charge in [0.2, 0.25) is 5.91 Å². The van der Waals surface area contributed by atoms with Crippen molar-refractivity contribution in [2.45, 2.75) is 179 Å². The van der Waals surface area contributed by atoms with E-state index in [9.17, 15) is 55.9 Å². The Morgan fingerprint density at radius 1 is 0.924 bits per heavy atom. The minimum absolute atomic E-state index is 0.0759. The molecule has 0 unspecified atom stereocenters. The van der Waals surface area contributed by atoms with Crippen LogP contribution in [0.3, 0.4) is 0 Å². The van der Waals surface area contributed by atoms with Crippen LogP contribution in [0.4, 0.5) is 5.82 Å². The summed E-state index contributed by atoms with van der Waals surface area (Å²) in [6.45, 7) is 7.37. The molecule has 21 nitrogen and oxygen atoms in total. The van der Waals surface area contributed by atoms with E-state index in [2.05, 4.69) is 52.4 Å². The Morgan fingerprint density at radius 3 is 2.39 bits per heavy atom. The van der Waals surface area contributed by atoms with Gasteiger partial charge in [0.05, 0.1) is 61.2 Å². The lowest BCUT2D eigenvalue weighted by Gasteiger charge is -2.82. The highest BCUT2D eigenvalue weighted by Crippen LogP contribution is 2.86. The van der Waals surface area contributed by atoms with Crippen LogP contribution in [-0.2, 0) is 25.5 Å². The average molecular weight is 1110 g/mol. The predicted octanol–water partition coefficient (Wildman–Crippen LogP) is 2.04. The smallest absolute Gasteiger partial charge is 0.310 e. The van der Waals surface area contributed by atoms with Crippen molar-refractivity contribution in [3.63, 3.8) is 0 Å². The molecule has 79 heavy (non-hydrogen) atoms. The summed E-state index contributed by atoms with van der Waals surface area (Å²) >= 11 is 0. The van der Waals surface area contributed by atoms with E-state index in [0.717, 1.165) is 24.4 Å². The van der Waals surface area contributed by atoms with Gasteiger partial charge in [-0.05, 0) is 147 Å². The van der Waals surface area contributed by atoms with Crippen LogP contribution in [0.1, 0.15) is 135 Å². The van der Waals surface area contributed by atoms with E-state index in [1.807, 2.05) is 6.92 Å². The largest absolute Gasteiger partial charge is 0.481 e. The molecule has 1 amide bonds. The molecule has 2 aromatic heterocycles. The summed E-state index contributed by atoms with van der Waals surface area (Å²) in [6, 6.07) is -0.724. The number of amides is 1. The van der Waals surface area contributed by atoms with Gasteiger partial charge in [-0.2, -0.15) is 0 Å². The zero-order chi connectivity index (χ0) is 56.5. The van der Waals surface area contributed by atoms with E-state index in [0.29, 0.717) is 70.0 Å². The third-order valence-electron chi connectivity index (χ3n) is 24.7. The minimum atomic E-state index is -1.72. The molecule has 1 spiro atoms. The second-order valence-corrected chi connectivity index (χ2v) is 27.4. The molecule has 0 aromatic carbocycles. The van der Waals surface area contributed by atoms with Gasteiger partial charge in [-0.3, -0.25) is 9.59 Å². The second kappa shape index (κ2) is 20.3. The van der Waals surface area contributed by atoms with Crippen LogP contribution in [0.25, 0.3) is 0 Å². The number of nitrogens with one attached hydrogen (secondary N) is 4. The molecule has 11 rings (SSSR count). The number of hydrogen-bond donors (Lipinski definition) is 15. The third-order valence-corrected chi connectivity index (χ3v) is 24.7. The maximum Gasteiger partial charge on any atom is 0.310 e. The molecule has 5 heterocycles. The Morgan fingerprint density at radius 2 is 1.71 bits per heavy atom. The summed E-state index contributed by atoms with van der Waals surface area (Å²) < 4.78 is 12.8. The molecular weight excluding hydrogens is 1020 g/mol. The number of allylic oxidation sites excluding steroid dienone is 2. The molecule has 2 aromatic rings. The molecule has 5 saturated carbocycles. The Bertz CT molecular complexity index is 2610. The monoisotopic (exact) mass is 1110 g/mol. The van der Waals surface area contributed by atoms with Gasteiger partial charge in [0, 0.05) is 54.4 Å². The van der Waals surface area contributed by atoms with Gasteiger partial charge in [-0.25, -0.2) is 9.97 Å². The normalized spacial score (nSPS) is 47.8. The fourth-order valence-electron chi connectivity index (χ4n) is 20.9. The number of fused-ring (bicyclic) bond motifs is 6. The van der Waals surface area contributed by atoms with Crippen LogP contribution in [0.5, 0.6) is 0 Å². The van der Waals surface area contributed by atoms with Crippen molar-refractivity contribution < 1.29 is 70.1 Å². The van der Waals surface area contributed by atoms with Crippen molar-refractivity contribution >= 4 is 17.7 Å². The van der Waals surface area contributed by atoms with Crippen LogP contribution in [0.2, 0.25) is 0 Å². The minimum Gasteiger partial charge on any atom is -0.481 e. The number of anilines is 1. The summed E-state index contributed by atoms with van der Waals surface area (Å²) in [5.41, 5.74) is 1.52. The first kappa shape index (κ1) is 57.2. The third kappa shape index (κ3) is 7.82. The number of aromatic amines is 2. The number of carboxylic acid groups (broad SMARTS) is 1. The molecule has 7 fully saturated rings. The predicted molar refractivity (Wildman–Crippen MR) is 285 cm³/mol. The van der Waals surface area contributed by atoms with Gasteiger partial charge in [0.1, 0.15) is 30.4 Å². The number of imidazole rings is 2. The maximum atomic E-state index is 15.1. The molecule has 2 bridgehead atoms. The molecule has 440 valence electrons. The summed E-state index contributed by atoms with van der Waals surface area (Å²) in [4.78, 5) is 45.4. The fraction of sp³-hybridized carbons (Fsp3) is 0.828. The highest BCUT2D eigenvalue weighted by Gasteiger charge is 2.82. The number of H-pyrrole nitrogens is 2. The molecule has 9 aliphatic rings. The topological polar surface area (TPSA) is 362 Å². The van der Waals surface area contributed by atoms with Crippen molar-refractivity contribution in [1.82, 2.24) is 25.3 Å². The number of carbonyl (C=O) groups excluding carboxylic acids is 1. The molecule has 23 atom stereocenters. The Labute approximate surface area is 462 Å². The number of aliphatic carboxylic acids is 1. The van der Waals surface area contributed by atoms with Crippen molar-refractivity contribution in [1.29, 1.82) is 0 Å². The zero-order valence-electron chi connectivity index (χ0n) is 46.4. The SMILES string of the molecule is C[C@]1(CO)CC[C@@]2(C(=O)O)[C@@H](C1)C1=CC[C@@]34CCC[C@]1([C@H]1Cc5[nH]cnc5NC[C@@H]12)[C@]3(C)CC[C@@H]1[C@](C)(CO)[C@H](O[C@@H]2OC[C@@H](O)[C@H](O)[C@H]2O)[C@H](O)[C@H](C[C@H]2[C@H]([C@H](CC[C@@H](N)O)c3cnc[nH]3)NC(=O)[C@]2(CO)CCCO)[C@@]14C. The number of nitrogens with two attached hydrogens (primary N) is 1. The highest BCUT2D eigenvalue weighted by atomic mass is 16.7. The summed E-state index contributed by atoms with van der Waals surface area (Å²) in [6.07, 6.45) is 3.97. The molecule has 21 heteroatoms. The summed E-state index contributed by atoms with van der Waals surface area (Å²) in [7, 11) is 0. The molecule has 16 N–H and O–H groups in total. The van der Waals surface area contributed by atoms with E-state index < -0.39 is 147 Å². The standard InChI is InChI=1S/C58H89N7O14/c1-51(25-67)16-17-57(50(76)77)35(21-51)31-9-15-56-12-5-13-58(31,32-20-37-47(64-29-63-37)61-22-36(32)57)53(56,3)14-10-40-52(2,26-68)46(79-48-45(74)44(73)39(70)24-78-48)43(72)34(54(40,56)4)19-33-42(65-49(75)55(33,27-69)11-6-18-66)30(7-8-41(59)71)38-23-60-28-62-38/h9,23,28-30,32-36,39-46,48,61,66-74H,5-8,10-22,24-27,59H2,1-4H3,(H,60,62)(H,63,64)(H,65,75)(H,76,77)/t30-,32+,33+,34+,35+,36+,39-,40-,41+,42+,43-,44+,45-,46-,48+,51+,52+,53-,54+,55+,56+,57-,58+/m1/s1. The quantitative estimate of drug-likeness (QED) is 0.0650. The van der Waals surface area contributed by atoms with Gasteiger partial charge in [0.25, 0.3) is 0 Å². The van der Waals surface area contributed by atoms with E-state index in [1.165, 1.54) is 5.57 Å². The van der Waals surface area contributed by atoms with Crippen LogP contribution < -0.4 is 16.4 Å². The number of hydrogen-bond acceptors (Lipinski definition) is 17. The van der Waals surface area contributed by atoms with Crippen molar-refractivity contribution in [2.75, 3.05) is 44.9 Å². The van der Waals surface area contributed by atoms with Crippen LogP contribution in [-0.4, -0.2) is 172 Å². The van der Waals surface area contributed by atoms with E-state index in [1.54, 1.807) is 18.9 Å². The van der Waals surface area contributed by atoms with Gasteiger partial charge in [-0.15, -0.1) is 0 Å². The number of nitrogens with zero attached hydrogens (tertiary/aromatic N) is 2. The average Bonchev–Trinajstić information content (AvgIpc) is 1.13. The van der Waals surface area contributed by atoms with Crippen LogP contribution in [0.15, 0.2) is 30.5 Å². The molecule has 0 radical (unpaired) electrons. The lowest BCUT2D eigenvalue weighted by molar-refractivity contribution is -0.362. The number of aromatic nitrogens is 4. The number of aliphatic hydroxyl groups is 9. The molecule has 3 aliphatic heterocycles. The highest BCUT2D eigenvalue weighted by molar-refractivity contribution is 5.86. The number of rotatable bonds is 16.